The molecule has 11 rings (SSSR count). The number of hydrogen-bond acceptors (Lipinski definition) is 1. The van der Waals surface area contributed by atoms with E-state index in [1.54, 1.807) is 0 Å². The van der Waals surface area contributed by atoms with Crippen LogP contribution in [0.1, 0.15) is 0 Å². The van der Waals surface area contributed by atoms with Gasteiger partial charge in [0.1, 0.15) is 11.2 Å². The number of fused-ring (bicyclic) bond motifs is 10. The second kappa shape index (κ2) is 9.96. The molecule has 0 saturated heterocycles. The number of hydrogen-bond donors (Lipinski definition) is 0. The average molecular weight is 625 g/mol. The summed E-state index contributed by atoms with van der Waals surface area (Å²) in [5.74, 6) is 0. The molecule has 0 radical (unpaired) electrons. The summed E-state index contributed by atoms with van der Waals surface area (Å²) < 4.78 is 11.2. The lowest BCUT2D eigenvalue weighted by molar-refractivity contribution is 0.668. The Morgan fingerprint density at radius 2 is 0.898 bits per heavy atom. The molecule has 0 bridgehead atoms. The van der Waals surface area contributed by atoms with Crippen molar-refractivity contribution in [1.82, 2.24) is 9.13 Å². The van der Waals surface area contributed by atoms with Crippen LogP contribution in [0.3, 0.4) is 0 Å². The van der Waals surface area contributed by atoms with Crippen LogP contribution in [0.5, 0.6) is 0 Å². The largest absolute Gasteiger partial charge is 0.456 e. The van der Waals surface area contributed by atoms with Crippen molar-refractivity contribution in [2.24, 2.45) is 0 Å². The maximum absolute atomic E-state index is 6.35. The minimum Gasteiger partial charge on any atom is -0.456 e. The quantitative estimate of drug-likeness (QED) is 0.192. The van der Waals surface area contributed by atoms with Gasteiger partial charge in [-0.3, -0.25) is 0 Å². The summed E-state index contributed by atoms with van der Waals surface area (Å²) in [5.41, 5.74) is 11.2. The Morgan fingerprint density at radius 1 is 0.327 bits per heavy atom. The maximum atomic E-state index is 6.35. The van der Waals surface area contributed by atoms with Crippen LogP contribution in [0.2, 0.25) is 0 Å². The first-order valence-electron chi connectivity index (χ1n) is 16.8. The molecule has 11 aromatic rings. The van der Waals surface area contributed by atoms with Crippen molar-refractivity contribution in [3.05, 3.63) is 170 Å². The molecule has 0 N–H and O–H groups in total. The molecule has 3 nitrogen and oxygen atoms in total. The molecule has 8 aromatic carbocycles. The van der Waals surface area contributed by atoms with Crippen molar-refractivity contribution >= 4 is 76.3 Å². The van der Waals surface area contributed by atoms with Gasteiger partial charge in [-0.25, -0.2) is 0 Å². The zero-order valence-corrected chi connectivity index (χ0v) is 26.5. The van der Waals surface area contributed by atoms with E-state index in [9.17, 15) is 0 Å². The fourth-order valence-electron chi connectivity index (χ4n) is 8.11. The Morgan fingerprint density at radius 3 is 1.65 bits per heavy atom. The van der Waals surface area contributed by atoms with Gasteiger partial charge in [0.05, 0.1) is 22.1 Å². The zero-order chi connectivity index (χ0) is 32.1. The first-order chi connectivity index (χ1) is 24.3. The van der Waals surface area contributed by atoms with E-state index in [1.807, 2.05) is 12.1 Å². The number of aromatic nitrogens is 2. The molecule has 49 heavy (non-hydrogen) atoms. The van der Waals surface area contributed by atoms with Gasteiger partial charge in [0.15, 0.2) is 0 Å². The van der Waals surface area contributed by atoms with E-state index >= 15 is 0 Å². The summed E-state index contributed by atoms with van der Waals surface area (Å²) in [6.07, 6.45) is 0. The van der Waals surface area contributed by atoms with Crippen molar-refractivity contribution in [1.29, 1.82) is 0 Å². The number of para-hydroxylation sites is 3. The van der Waals surface area contributed by atoms with Crippen molar-refractivity contribution in [3.8, 4) is 22.5 Å². The van der Waals surface area contributed by atoms with Crippen molar-refractivity contribution in [3.63, 3.8) is 0 Å². The highest BCUT2D eigenvalue weighted by Gasteiger charge is 2.19. The Kier molecular flexibility index (Phi) is 5.38. The van der Waals surface area contributed by atoms with Crippen LogP contribution in [0.25, 0.3) is 98.8 Å². The Hall–Kier alpha value is -6.58. The summed E-state index contributed by atoms with van der Waals surface area (Å²) >= 11 is 0. The van der Waals surface area contributed by atoms with Crippen molar-refractivity contribution < 1.29 is 4.42 Å². The second-order valence-corrected chi connectivity index (χ2v) is 12.9. The molecule has 3 heterocycles. The smallest absolute Gasteiger partial charge is 0.137 e. The molecule has 0 aliphatic rings. The third-order valence-electron chi connectivity index (χ3n) is 10.3. The van der Waals surface area contributed by atoms with Crippen LogP contribution in [-0.4, -0.2) is 9.13 Å². The summed E-state index contributed by atoms with van der Waals surface area (Å²) in [6.45, 7) is 0. The molecular formula is C46H28N2O. The van der Waals surface area contributed by atoms with Crippen LogP contribution < -0.4 is 0 Å². The summed E-state index contributed by atoms with van der Waals surface area (Å²) in [7, 11) is 0. The van der Waals surface area contributed by atoms with Gasteiger partial charge in [0.2, 0.25) is 0 Å². The normalized spacial score (nSPS) is 12.1. The van der Waals surface area contributed by atoms with Gasteiger partial charge in [-0.05, 0) is 76.5 Å². The third kappa shape index (κ3) is 3.78. The van der Waals surface area contributed by atoms with Gasteiger partial charge in [-0.15, -0.1) is 0 Å². The molecule has 0 atom stereocenters. The van der Waals surface area contributed by atoms with Crippen LogP contribution in [0.4, 0.5) is 0 Å². The molecule has 3 heteroatoms. The van der Waals surface area contributed by atoms with Gasteiger partial charge < -0.3 is 13.6 Å². The molecule has 0 fully saturated rings. The fourth-order valence-corrected chi connectivity index (χ4v) is 8.11. The van der Waals surface area contributed by atoms with E-state index in [-0.39, 0.29) is 0 Å². The van der Waals surface area contributed by atoms with E-state index in [1.165, 1.54) is 65.5 Å². The van der Waals surface area contributed by atoms with Crippen LogP contribution >= 0.6 is 0 Å². The number of benzene rings is 8. The maximum Gasteiger partial charge on any atom is 0.137 e. The topological polar surface area (TPSA) is 23.0 Å². The average Bonchev–Trinajstić information content (AvgIpc) is 3.80. The van der Waals surface area contributed by atoms with E-state index in [0.29, 0.717) is 0 Å². The van der Waals surface area contributed by atoms with Crippen LogP contribution in [0.15, 0.2) is 174 Å². The molecule has 3 aromatic heterocycles. The van der Waals surface area contributed by atoms with Gasteiger partial charge in [0, 0.05) is 49.8 Å². The number of furan rings is 1. The minimum atomic E-state index is 0.895. The van der Waals surface area contributed by atoms with Crippen molar-refractivity contribution in [2.75, 3.05) is 0 Å². The molecule has 0 amide bonds. The first kappa shape index (κ1) is 26.5. The Balaban J connectivity index is 1.16. The molecule has 0 aliphatic carbocycles. The third-order valence-corrected chi connectivity index (χ3v) is 10.3. The Bertz CT molecular complexity index is 3090. The highest BCUT2D eigenvalue weighted by molar-refractivity contribution is 6.19. The van der Waals surface area contributed by atoms with Crippen molar-refractivity contribution in [2.45, 2.75) is 0 Å². The molecule has 0 unspecified atom stereocenters. The Labute approximate surface area is 281 Å². The zero-order valence-electron chi connectivity index (χ0n) is 26.5. The lowest BCUT2D eigenvalue weighted by atomic mass is 9.98. The minimum absolute atomic E-state index is 0.895. The van der Waals surface area contributed by atoms with Gasteiger partial charge in [-0.1, -0.05) is 109 Å². The van der Waals surface area contributed by atoms with E-state index in [4.69, 9.17) is 4.42 Å². The molecular weight excluding hydrogens is 597 g/mol. The lowest BCUT2D eigenvalue weighted by Gasteiger charge is -2.12. The second-order valence-electron chi connectivity index (χ2n) is 12.9. The molecule has 0 saturated carbocycles. The van der Waals surface area contributed by atoms with Crippen LogP contribution in [-0.2, 0) is 0 Å². The number of rotatable bonds is 3. The van der Waals surface area contributed by atoms with Gasteiger partial charge in [0.25, 0.3) is 0 Å². The van der Waals surface area contributed by atoms with Gasteiger partial charge in [-0.2, -0.15) is 0 Å². The van der Waals surface area contributed by atoms with E-state index in [2.05, 4.69) is 167 Å². The van der Waals surface area contributed by atoms with Gasteiger partial charge >= 0.3 is 0 Å². The SMILES string of the molecule is c1ccc2c(-c3ccc(-n4c5ccccc5c5cc6c7ccccc7n(-c7ccc8c(c7)oc7ccccc78)c6cc54)cc3)cccc2c1. The molecule has 0 aliphatic heterocycles. The monoisotopic (exact) mass is 624 g/mol. The van der Waals surface area contributed by atoms with E-state index in [0.717, 1.165) is 33.3 Å². The summed E-state index contributed by atoms with van der Waals surface area (Å²) in [5, 5.41) is 9.77. The standard InChI is InChI=1S/C46H28N2O/c1-2-12-33-29(10-1)11-9-16-34(33)30-20-22-31(23-21-30)47-41-17-6-3-13-35(41)39-27-40-36-14-4-7-18-42(36)48(44(40)28-43(39)47)32-24-25-38-37-15-5-8-19-45(37)49-46(38)26-32/h1-28H. The predicted molar refractivity (Wildman–Crippen MR) is 205 cm³/mol. The highest BCUT2D eigenvalue weighted by Crippen LogP contribution is 2.41. The highest BCUT2D eigenvalue weighted by atomic mass is 16.3. The summed E-state index contributed by atoms with van der Waals surface area (Å²) in [4.78, 5) is 0. The van der Waals surface area contributed by atoms with Crippen LogP contribution in [0, 0.1) is 0 Å². The first-order valence-corrected chi connectivity index (χ1v) is 16.8. The predicted octanol–water partition coefficient (Wildman–Crippen LogP) is 12.6. The molecule has 0 spiro atoms. The fraction of sp³-hybridized carbons (Fsp3) is 0. The molecule has 228 valence electrons. The number of nitrogens with zero attached hydrogens (tertiary/aromatic N) is 2. The van der Waals surface area contributed by atoms with E-state index < -0.39 is 0 Å². The lowest BCUT2D eigenvalue weighted by Crippen LogP contribution is -1.96. The summed E-state index contributed by atoms with van der Waals surface area (Å²) in [6, 6.07) is 61.4.